The van der Waals surface area contributed by atoms with E-state index in [2.05, 4.69) is 17.0 Å². The molecule has 0 saturated carbocycles. The van der Waals surface area contributed by atoms with E-state index in [9.17, 15) is 4.79 Å². The van der Waals surface area contributed by atoms with Crippen molar-refractivity contribution < 1.29 is 19.4 Å². The molecule has 0 amide bonds. The molecule has 0 aliphatic heterocycles. The summed E-state index contributed by atoms with van der Waals surface area (Å²) in [5, 5.41) is 9.02. The van der Waals surface area contributed by atoms with Gasteiger partial charge in [-0.05, 0) is 41.3 Å². The lowest BCUT2D eigenvalue weighted by Crippen LogP contribution is -2.06. The molecule has 0 unspecified atom stereocenters. The van der Waals surface area contributed by atoms with Crippen molar-refractivity contribution in [3.8, 4) is 11.5 Å². The largest absolute Gasteiger partial charge is 0.493 e. The summed E-state index contributed by atoms with van der Waals surface area (Å²) in [5.74, 6) is 0.477. The van der Waals surface area contributed by atoms with Crippen LogP contribution in [0, 0.1) is 6.57 Å². The third-order valence-electron chi connectivity index (χ3n) is 4.58. The van der Waals surface area contributed by atoms with E-state index < -0.39 is 5.97 Å². The van der Waals surface area contributed by atoms with E-state index in [1.165, 1.54) is 5.56 Å². The molecule has 0 spiro atoms. The van der Waals surface area contributed by atoms with Gasteiger partial charge in [0.25, 0.3) is 0 Å². The van der Waals surface area contributed by atoms with Gasteiger partial charge in [0.1, 0.15) is 18.1 Å². The number of rotatable bonds is 10. The van der Waals surface area contributed by atoms with Crippen molar-refractivity contribution in [2.45, 2.75) is 25.9 Å². The summed E-state index contributed by atoms with van der Waals surface area (Å²) in [5.41, 5.74) is 3.49. The van der Waals surface area contributed by atoms with Crippen molar-refractivity contribution in [2.24, 2.45) is 0 Å². The normalized spacial score (nSPS) is 10.2. The fraction of sp³-hybridized carbons (Fsp3) is 0.200. The van der Waals surface area contributed by atoms with E-state index in [0.29, 0.717) is 36.8 Å². The number of carboxylic acid groups (broad SMARTS) is 1. The minimum absolute atomic E-state index is 0.0499. The lowest BCUT2D eigenvalue weighted by atomic mass is 10.1. The molecule has 0 aliphatic carbocycles. The zero-order chi connectivity index (χ0) is 21.2. The maximum Gasteiger partial charge on any atom is 0.303 e. The predicted molar refractivity (Wildman–Crippen MR) is 115 cm³/mol. The molecule has 0 aromatic heterocycles. The van der Waals surface area contributed by atoms with Crippen molar-refractivity contribution in [3.05, 3.63) is 101 Å². The van der Waals surface area contributed by atoms with Crippen molar-refractivity contribution >= 4 is 11.7 Å². The number of benzene rings is 3. The Balaban J connectivity index is 1.68. The van der Waals surface area contributed by atoms with Crippen molar-refractivity contribution in [1.29, 1.82) is 0 Å². The van der Waals surface area contributed by atoms with Crippen LogP contribution in [0.4, 0.5) is 5.69 Å². The summed E-state index contributed by atoms with van der Waals surface area (Å²) in [7, 11) is 0. The van der Waals surface area contributed by atoms with Crippen molar-refractivity contribution in [2.75, 3.05) is 6.61 Å². The third-order valence-corrected chi connectivity index (χ3v) is 4.58. The minimum Gasteiger partial charge on any atom is -0.493 e. The standard InChI is InChI=1S/C25H23NO4/c1-26-22-8-5-9-23(17-22)30-18-20-10-11-21(12-13-25(27)28)24(16-20)29-15-14-19-6-3-2-4-7-19/h2-11,16-17H,12-15,18H2,(H,27,28). The first kappa shape index (κ1) is 20.9. The Labute approximate surface area is 176 Å². The minimum atomic E-state index is -0.836. The van der Waals surface area contributed by atoms with Crippen LogP contribution in [0.25, 0.3) is 4.85 Å². The first-order valence-corrected chi connectivity index (χ1v) is 9.74. The second kappa shape index (κ2) is 10.7. The molecule has 3 aromatic carbocycles. The van der Waals surface area contributed by atoms with E-state index in [0.717, 1.165) is 17.5 Å². The van der Waals surface area contributed by atoms with E-state index >= 15 is 0 Å². The van der Waals surface area contributed by atoms with Gasteiger partial charge >= 0.3 is 5.97 Å². The van der Waals surface area contributed by atoms with Crippen LogP contribution < -0.4 is 9.47 Å². The van der Waals surface area contributed by atoms with Crippen LogP contribution in [0.5, 0.6) is 11.5 Å². The van der Waals surface area contributed by atoms with E-state index in [4.69, 9.17) is 21.2 Å². The number of carbonyl (C=O) groups is 1. The van der Waals surface area contributed by atoms with Gasteiger partial charge in [-0.3, -0.25) is 4.79 Å². The van der Waals surface area contributed by atoms with Gasteiger partial charge in [0.2, 0.25) is 0 Å². The maximum absolute atomic E-state index is 11.0. The lowest BCUT2D eigenvalue weighted by Gasteiger charge is -2.14. The number of hydrogen-bond acceptors (Lipinski definition) is 3. The van der Waals surface area contributed by atoms with Gasteiger partial charge in [0, 0.05) is 12.8 Å². The number of ether oxygens (including phenoxy) is 2. The van der Waals surface area contributed by atoms with Crippen molar-refractivity contribution in [3.63, 3.8) is 0 Å². The molecule has 1 N–H and O–H groups in total. The zero-order valence-corrected chi connectivity index (χ0v) is 16.6. The second-order valence-corrected chi connectivity index (χ2v) is 6.82. The van der Waals surface area contributed by atoms with Crippen molar-refractivity contribution in [1.82, 2.24) is 0 Å². The Kier molecular flexibility index (Phi) is 7.45. The van der Waals surface area contributed by atoms with Crippen LogP contribution in [-0.2, 0) is 24.2 Å². The number of hydrogen-bond donors (Lipinski definition) is 1. The fourth-order valence-corrected chi connectivity index (χ4v) is 3.00. The molecule has 3 rings (SSSR count). The molecular formula is C25H23NO4. The summed E-state index contributed by atoms with van der Waals surface area (Å²) in [6.07, 6.45) is 1.22. The van der Waals surface area contributed by atoms with Crippen LogP contribution in [0.2, 0.25) is 0 Å². The van der Waals surface area contributed by atoms with Gasteiger partial charge in [-0.1, -0.05) is 54.6 Å². The molecule has 5 nitrogen and oxygen atoms in total. The summed E-state index contributed by atoms with van der Waals surface area (Å²) >= 11 is 0. The highest BCUT2D eigenvalue weighted by molar-refractivity contribution is 5.67. The van der Waals surface area contributed by atoms with Gasteiger partial charge in [0.05, 0.1) is 13.2 Å². The second-order valence-electron chi connectivity index (χ2n) is 6.82. The zero-order valence-electron chi connectivity index (χ0n) is 16.6. The number of aliphatic carboxylic acids is 1. The van der Waals surface area contributed by atoms with Crippen LogP contribution >= 0.6 is 0 Å². The molecule has 152 valence electrons. The SMILES string of the molecule is [C-]#[N+]c1cccc(OCc2ccc(CCC(=O)O)c(OCCc3ccccc3)c2)c1. The number of carboxylic acids is 1. The van der Waals surface area contributed by atoms with Gasteiger partial charge in [-0.25, -0.2) is 4.85 Å². The van der Waals surface area contributed by atoms with Gasteiger partial charge in [0.15, 0.2) is 5.69 Å². The number of aryl methyl sites for hydroxylation is 1. The Morgan fingerprint density at radius 3 is 2.50 bits per heavy atom. The molecular weight excluding hydrogens is 378 g/mol. The summed E-state index contributed by atoms with van der Waals surface area (Å²) in [4.78, 5) is 14.4. The van der Waals surface area contributed by atoms with Crippen LogP contribution in [0.15, 0.2) is 72.8 Å². The maximum atomic E-state index is 11.0. The summed E-state index contributed by atoms with van der Waals surface area (Å²) < 4.78 is 11.8. The van der Waals surface area contributed by atoms with E-state index in [1.807, 2.05) is 42.5 Å². The number of nitrogens with zero attached hydrogens (tertiary/aromatic N) is 1. The van der Waals surface area contributed by atoms with Crippen LogP contribution in [0.3, 0.4) is 0 Å². The smallest absolute Gasteiger partial charge is 0.303 e. The van der Waals surface area contributed by atoms with Gasteiger partial charge in [-0.15, -0.1) is 0 Å². The van der Waals surface area contributed by atoms with E-state index in [-0.39, 0.29) is 6.42 Å². The Hall–Kier alpha value is -3.78. The molecule has 3 aromatic rings. The van der Waals surface area contributed by atoms with Gasteiger partial charge < -0.3 is 14.6 Å². The first-order chi connectivity index (χ1) is 14.6. The highest BCUT2D eigenvalue weighted by Gasteiger charge is 2.09. The molecule has 0 bridgehead atoms. The average molecular weight is 401 g/mol. The highest BCUT2D eigenvalue weighted by atomic mass is 16.5. The predicted octanol–water partition coefficient (Wildman–Crippen LogP) is 5.46. The Morgan fingerprint density at radius 1 is 0.900 bits per heavy atom. The van der Waals surface area contributed by atoms with Gasteiger partial charge in [-0.2, -0.15) is 0 Å². The summed E-state index contributed by atoms with van der Waals surface area (Å²) in [6, 6.07) is 22.8. The van der Waals surface area contributed by atoms with Crippen LogP contribution in [0.1, 0.15) is 23.1 Å². The Morgan fingerprint density at radius 2 is 1.73 bits per heavy atom. The highest BCUT2D eigenvalue weighted by Crippen LogP contribution is 2.25. The Bertz CT molecular complexity index is 1020. The first-order valence-electron chi connectivity index (χ1n) is 9.74. The average Bonchev–Trinajstić information content (AvgIpc) is 2.78. The molecule has 0 atom stereocenters. The lowest BCUT2D eigenvalue weighted by molar-refractivity contribution is -0.136. The topological polar surface area (TPSA) is 60.1 Å². The molecule has 0 radical (unpaired) electrons. The molecule has 0 fully saturated rings. The molecule has 5 heteroatoms. The molecule has 0 heterocycles. The monoisotopic (exact) mass is 401 g/mol. The van der Waals surface area contributed by atoms with Crippen LogP contribution in [-0.4, -0.2) is 17.7 Å². The van der Waals surface area contributed by atoms with E-state index in [1.54, 1.807) is 18.2 Å². The molecule has 0 saturated heterocycles. The molecule has 30 heavy (non-hydrogen) atoms. The fourth-order valence-electron chi connectivity index (χ4n) is 3.00. The summed E-state index contributed by atoms with van der Waals surface area (Å²) in [6.45, 7) is 7.93. The molecule has 0 aliphatic rings. The quantitative estimate of drug-likeness (QED) is 0.459. The third kappa shape index (κ3) is 6.39.